The van der Waals surface area contributed by atoms with Gasteiger partial charge in [-0.2, -0.15) is 0 Å². The zero-order valence-electron chi connectivity index (χ0n) is 11.4. The van der Waals surface area contributed by atoms with E-state index in [4.69, 9.17) is 9.84 Å². The Morgan fingerprint density at radius 2 is 1.59 bits per heavy atom. The van der Waals surface area contributed by atoms with Gasteiger partial charge in [0.1, 0.15) is 6.61 Å². The summed E-state index contributed by atoms with van der Waals surface area (Å²) >= 11 is 0. The summed E-state index contributed by atoms with van der Waals surface area (Å²) < 4.78 is 4.87. The van der Waals surface area contributed by atoms with Crippen LogP contribution in [-0.2, 0) is 9.53 Å². The first-order valence-electron chi connectivity index (χ1n) is 7.00. The predicted molar refractivity (Wildman–Crippen MR) is 69.9 cm³/mol. The molecular formula is C14H28O3. The molecule has 0 radical (unpaired) electrons. The number of carbonyl (C=O) groups excluding carboxylic acids is 1. The van der Waals surface area contributed by atoms with Gasteiger partial charge in [-0.1, -0.05) is 51.9 Å². The lowest BCUT2D eigenvalue weighted by Gasteiger charge is -2.06. The number of esters is 1. The number of hydrogen-bond donors (Lipinski definition) is 1. The highest BCUT2D eigenvalue weighted by molar-refractivity contribution is 5.69. The van der Waals surface area contributed by atoms with Crippen LogP contribution in [0.5, 0.6) is 0 Å². The zero-order chi connectivity index (χ0) is 12.9. The molecule has 17 heavy (non-hydrogen) atoms. The highest BCUT2D eigenvalue weighted by atomic mass is 16.5. The second kappa shape index (κ2) is 11.9. The third-order valence-corrected chi connectivity index (χ3v) is 2.72. The summed E-state index contributed by atoms with van der Waals surface area (Å²) in [5.41, 5.74) is 0. The summed E-state index contributed by atoms with van der Waals surface area (Å²) in [6, 6.07) is 0. The molecule has 0 heterocycles. The number of aliphatic hydroxyl groups excluding tert-OH is 1. The maximum absolute atomic E-state index is 11.2. The van der Waals surface area contributed by atoms with E-state index in [2.05, 4.69) is 6.92 Å². The molecule has 0 aromatic heterocycles. The summed E-state index contributed by atoms with van der Waals surface area (Å²) in [5.74, 6) is -0.183. The van der Waals surface area contributed by atoms with Crippen LogP contribution in [0, 0.1) is 0 Å². The van der Waals surface area contributed by atoms with Crippen LogP contribution in [0.4, 0.5) is 0 Å². The van der Waals surface area contributed by atoms with E-state index in [1.807, 2.05) is 0 Å². The molecule has 0 amide bonds. The Labute approximate surface area is 106 Å². The van der Waals surface area contributed by atoms with Crippen LogP contribution in [-0.4, -0.2) is 23.8 Å². The summed E-state index contributed by atoms with van der Waals surface area (Å²) in [4.78, 5) is 11.2. The minimum atomic E-state index is -0.558. The number of carbonyl (C=O) groups is 1. The minimum absolute atomic E-state index is 0.121. The van der Waals surface area contributed by atoms with Crippen LogP contribution in [0.3, 0.4) is 0 Å². The van der Waals surface area contributed by atoms with Gasteiger partial charge in [-0.15, -0.1) is 0 Å². The predicted octanol–water partition coefficient (Wildman–Crippen LogP) is 3.44. The van der Waals surface area contributed by atoms with E-state index in [1.54, 1.807) is 6.92 Å². The Balaban J connectivity index is 3.14. The van der Waals surface area contributed by atoms with Gasteiger partial charge in [-0.05, 0) is 13.3 Å². The van der Waals surface area contributed by atoms with Gasteiger partial charge >= 0.3 is 5.97 Å². The molecule has 1 atom stereocenters. The fourth-order valence-corrected chi connectivity index (χ4v) is 1.69. The number of ether oxygens (including phenoxy) is 1. The average molecular weight is 244 g/mol. The Hall–Kier alpha value is -0.570. The second-order valence-electron chi connectivity index (χ2n) is 4.76. The van der Waals surface area contributed by atoms with Crippen molar-refractivity contribution in [1.29, 1.82) is 0 Å². The fraction of sp³-hybridized carbons (Fsp3) is 0.929. The lowest BCUT2D eigenvalue weighted by Crippen LogP contribution is -2.14. The lowest BCUT2D eigenvalue weighted by molar-refractivity contribution is -0.146. The second-order valence-corrected chi connectivity index (χ2v) is 4.76. The maximum atomic E-state index is 11.2. The average Bonchev–Trinajstić information content (AvgIpc) is 2.30. The summed E-state index contributed by atoms with van der Waals surface area (Å²) in [6.45, 7) is 3.96. The first kappa shape index (κ1) is 16.4. The van der Waals surface area contributed by atoms with Crippen molar-refractivity contribution >= 4 is 5.97 Å². The number of unbranched alkanes of at least 4 members (excludes halogenated alkanes) is 7. The van der Waals surface area contributed by atoms with Crippen LogP contribution in [0.1, 0.15) is 71.6 Å². The molecule has 0 aromatic carbocycles. The van der Waals surface area contributed by atoms with E-state index in [1.165, 1.54) is 38.5 Å². The van der Waals surface area contributed by atoms with Crippen molar-refractivity contribution in [3.05, 3.63) is 0 Å². The monoisotopic (exact) mass is 244 g/mol. The normalized spacial score (nSPS) is 12.4. The van der Waals surface area contributed by atoms with Crippen molar-refractivity contribution in [3.63, 3.8) is 0 Å². The Bertz CT molecular complexity index is 178. The van der Waals surface area contributed by atoms with Gasteiger partial charge in [0.15, 0.2) is 0 Å². The topological polar surface area (TPSA) is 46.5 Å². The van der Waals surface area contributed by atoms with E-state index >= 15 is 0 Å². The van der Waals surface area contributed by atoms with E-state index < -0.39 is 6.10 Å². The van der Waals surface area contributed by atoms with Crippen LogP contribution in [0.2, 0.25) is 0 Å². The summed E-state index contributed by atoms with van der Waals surface area (Å²) in [6.07, 6.45) is 9.73. The van der Waals surface area contributed by atoms with Crippen LogP contribution >= 0.6 is 0 Å². The standard InChI is InChI=1S/C14H28O3/c1-3-4-5-6-7-8-9-10-11-14(16)17-12-13(2)15/h13,15H,3-12H2,1-2H3. The van der Waals surface area contributed by atoms with E-state index in [-0.39, 0.29) is 12.6 Å². The van der Waals surface area contributed by atoms with E-state index in [0.29, 0.717) is 6.42 Å². The molecule has 0 aliphatic rings. The lowest BCUT2D eigenvalue weighted by atomic mass is 10.1. The van der Waals surface area contributed by atoms with Gasteiger partial charge in [0.05, 0.1) is 6.10 Å². The molecule has 0 aliphatic carbocycles. The number of aliphatic hydroxyl groups is 1. The smallest absolute Gasteiger partial charge is 0.305 e. The van der Waals surface area contributed by atoms with Gasteiger partial charge in [0, 0.05) is 6.42 Å². The highest BCUT2D eigenvalue weighted by Crippen LogP contribution is 2.09. The van der Waals surface area contributed by atoms with Crippen LogP contribution < -0.4 is 0 Å². The molecule has 3 heteroatoms. The Morgan fingerprint density at radius 1 is 1.06 bits per heavy atom. The van der Waals surface area contributed by atoms with Crippen molar-refractivity contribution in [2.24, 2.45) is 0 Å². The molecule has 0 aliphatic heterocycles. The number of rotatable bonds is 11. The molecule has 0 bridgehead atoms. The molecule has 0 saturated heterocycles. The SMILES string of the molecule is CCCCCCCCCCC(=O)OCC(C)O. The molecule has 0 fully saturated rings. The van der Waals surface area contributed by atoms with Gasteiger partial charge < -0.3 is 9.84 Å². The van der Waals surface area contributed by atoms with Crippen molar-refractivity contribution in [2.75, 3.05) is 6.61 Å². The summed E-state index contributed by atoms with van der Waals surface area (Å²) in [7, 11) is 0. The van der Waals surface area contributed by atoms with Crippen LogP contribution in [0.25, 0.3) is 0 Å². The third-order valence-electron chi connectivity index (χ3n) is 2.72. The van der Waals surface area contributed by atoms with Gasteiger partial charge in [0.2, 0.25) is 0 Å². The van der Waals surface area contributed by atoms with Crippen molar-refractivity contribution in [2.45, 2.75) is 77.7 Å². The number of hydrogen-bond acceptors (Lipinski definition) is 3. The summed E-state index contributed by atoms with van der Waals surface area (Å²) in [5, 5.41) is 8.94. The largest absolute Gasteiger partial charge is 0.463 e. The fourth-order valence-electron chi connectivity index (χ4n) is 1.69. The molecule has 0 aromatic rings. The molecular weight excluding hydrogens is 216 g/mol. The van der Waals surface area contributed by atoms with Crippen molar-refractivity contribution < 1.29 is 14.6 Å². The van der Waals surface area contributed by atoms with Gasteiger partial charge in [-0.25, -0.2) is 0 Å². The van der Waals surface area contributed by atoms with Crippen molar-refractivity contribution in [1.82, 2.24) is 0 Å². The molecule has 1 unspecified atom stereocenters. The quantitative estimate of drug-likeness (QED) is 0.447. The molecule has 1 N–H and O–H groups in total. The molecule has 0 spiro atoms. The molecule has 0 rings (SSSR count). The van der Waals surface area contributed by atoms with Crippen molar-refractivity contribution in [3.8, 4) is 0 Å². The van der Waals surface area contributed by atoms with E-state index in [9.17, 15) is 4.79 Å². The van der Waals surface area contributed by atoms with Gasteiger partial charge in [0.25, 0.3) is 0 Å². The molecule has 102 valence electrons. The van der Waals surface area contributed by atoms with E-state index in [0.717, 1.165) is 12.8 Å². The Morgan fingerprint density at radius 3 is 2.12 bits per heavy atom. The first-order chi connectivity index (χ1) is 8.16. The first-order valence-corrected chi connectivity index (χ1v) is 7.00. The molecule has 3 nitrogen and oxygen atoms in total. The third kappa shape index (κ3) is 13.4. The highest BCUT2D eigenvalue weighted by Gasteiger charge is 2.04. The van der Waals surface area contributed by atoms with Crippen LogP contribution in [0.15, 0.2) is 0 Å². The Kier molecular flexibility index (Phi) is 11.5. The minimum Gasteiger partial charge on any atom is -0.463 e. The maximum Gasteiger partial charge on any atom is 0.305 e. The zero-order valence-corrected chi connectivity index (χ0v) is 11.4. The van der Waals surface area contributed by atoms with Gasteiger partial charge in [-0.3, -0.25) is 4.79 Å². The molecule has 0 saturated carbocycles.